The summed E-state index contributed by atoms with van der Waals surface area (Å²) in [6.45, 7) is 5.54. The summed E-state index contributed by atoms with van der Waals surface area (Å²) < 4.78 is 10.2. The quantitative estimate of drug-likeness (QED) is 0.532. The van der Waals surface area contributed by atoms with Gasteiger partial charge in [-0.05, 0) is 37.6 Å². The zero-order chi connectivity index (χ0) is 22.4. The van der Waals surface area contributed by atoms with Crippen molar-refractivity contribution >= 4 is 39.9 Å². The molecule has 3 aromatic rings. The summed E-state index contributed by atoms with van der Waals surface area (Å²) in [5, 5.41) is 4.84. The highest BCUT2D eigenvalue weighted by molar-refractivity contribution is 7.14. The summed E-state index contributed by atoms with van der Waals surface area (Å²) in [6.07, 6.45) is 1.42. The van der Waals surface area contributed by atoms with E-state index in [0.29, 0.717) is 10.8 Å². The molecule has 2 heterocycles. The number of rotatable bonds is 8. The van der Waals surface area contributed by atoms with Gasteiger partial charge in [0.2, 0.25) is 5.91 Å². The van der Waals surface area contributed by atoms with Crippen LogP contribution in [0.15, 0.2) is 46.4 Å². The molecule has 9 heteroatoms. The van der Waals surface area contributed by atoms with Gasteiger partial charge in [-0.3, -0.25) is 19.3 Å². The number of anilines is 2. The van der Waals surface area contributed by atoms with Crippen LogP contribution in [0.5, 0.6) is 0 Å². The summed E-state index contributed by atoms with van der Waals surface area (Å²) in [5.41, 5.74) is 3.39. The van der Waals surface area contributed by atoms with E-state index in [1.54, 1.807) is 16.3 Å². The number of furan rings is 1. The number of nitrogens with zero attached hydrogens (tertiary/aromatic N) is 2. The summed E-state index contributed by atoms with van der Waals surface area (Å²) in [5.74, 6) is -0.830. The van der Waals surface area contributed by atoms with E-state index in [2.05, 4.69) is 10.3 Å². The molecular weight excluding hydrogens is 418 g/mol. The molecule has 162 valence electrons. The van der Waals surface area contributed by atoms with Gasteiger partial charge < -0.3 is 14.5 Å². The lowest BCUT2D eigenvalue weighted by atomic mass is 10.1. The molecule has 0 saturated heterocycles. The van der Waals surface area contributed by atoms with Crippen LogP contribution < -0.4 is 10.2 Å². The monoisotopic (exact) mass is 441 g/mol. The molecule has 0 saturated carbocycles. The molecule has 0 aliphatic carbocycles. The van der Waals surface area contributed by atoms with Crippen molar-refractivity contribution in [3.8, 4) is 0 Å². The number of thiazole rings is 1. The van der Waals surface area contributed by atoms with Crippen molar-refractivity contribution in [1.29, 1.82) is 0 Å². The van der Waals surface area contributed by atoms with Gasteiger partial charge in [0.05, 0.1) is 24.1 Å². The van der Waals surface area contributed by atoms with Crippen LogP contribution in [0, 0.1) is 13.8 Å². The predicted octanol–water partition coefficient (Wildman–Crippen LogP) is 3.90. The van der Waals surface area contributed by atoms with Crippen molar-refractivity contribution in [2.45, 2.75) is 33.8 Å². The molecular formula is C22H23N3O5S. The van der Waals surface area contributed by atoms with Gasteiger partial charge in [-0.1, -0.05) is 17.7 Å². The zero-order valence-corrected chi connectivity index (χ0v) is 18.3. The molecule has 0 atom stereocenters. The first kappa shape index (κ1) is 22.2. The van der Waals surface area contributed by atoms with Crippen molar-refractivity contribution in [3.63, 3.8) is 0 Å². The number of ether oxygens (including phenoxy) is 1. The van der Waals surface area contributed by atoms with Crippen LogP contribution in [0.2, 0.25) is 0 Å². The lowest BCUT2D eigenvalue weighted by Crippen LogP contribution is -2.26. The Morgan fingerprint density at radius 2 is 2.03 bits per heavy atom. The number of aromatic nitrogens is 1. The number of aryl methyl sites for hydroxylation is 2. The number of nitrogens with one attached hydrogen (secondary N) is 1. The third kappa shape index (κ3) is 5.79. The molecule has 2 amide bonds. The summed E-state index contributed by atoms with van der Waals surface area (Å²) >= 11 is 1.30. The van der Waals surface area contributed by atoms with E-state index < -0.39 is 11.9 Å². The fraction of sp³-hybridized carbons (Fsp3) is 0.273. The highest BCUT2D eigenvalue weighted by Gasteiger charge is 2.20. The van der Waals surface area contributed by atoms with Crippen LogP contribution >= 0.6 is 11.3 Å². The Balaban J connectivity index is 1.54. The molecule has 0 aliphatic rings. The van der Waals surface area contributed by atoms with E-state index in [9.17, 15) is 14.4 Å². The third-order valence-electron chi connectivity index (χ3n) is 4.38. The molecule has 0 radical (unpaired) electrons. The average Bonchev–Trinajstić information content (AvgIpc) is 3.40. The number of hydrogen-bond acceptors (Lipinski definition) is 7. The fourth-order valence-corrected chi connectivity index (χ4v) is 3.79. The summed E-state index contributed by atoms with van der Waals surface area (Å²) in [4.78, 5) is 42.0. The van der Waals surface area contributed by atoms with E-state index >= 15 is 0 Å². The van der Waals surface area contributed by atoms with E-state index in [1.807, 2.05) is 32.0 Å². The number of benzene rings is 1. The molecule has 0 fully saturated rings. The van der Waals surface area contributed by atoms with Crippen molar-refractivity contribution in [2.24, 2.45) is 0 Å². The molecule has 0 unspecified atom stereocenters. The standard InChI is InChI=1S/C22H23N3O5S/c1-14-6-7-18(15(2)11-14)25(16(3)26)22-24-17(13-31-22)12-30-20(27)8-9-23-21(28)19-5-4-10-29-19/h4-7,10-11,13H,8-9,12H2,1-3H3,(H,23,28). The minimum atomic E-state index is -0.466. The second-order valence-corrected chi connectivity index (χ2v) is 7.75. The Morgan fingerprint density at radius 3 is 2.71 bits per heavy atom. The third-order valence-corrected chi connectivity index (χ3v) is 5.25. The Kier molecular flexibility index (Phi) is 7.19. The van der Waals surface area contributed by atoms with Crippen LogP contribution in [-0.4, -0.2) is 29.3 Å². The lowest BCUT2D eigenvalue weighted by molar-refractivity contribution is -0.144. The number of esters is 1. The molecule has 3 rings (SSSR count). The first-order chi connectivity index (χ1) is 14.8. The Bertz CT molecular complexity index is 1070. The number of carbonyl (C=O) groups is 3. The van der Waals surface area contributed by atoms with Crippen LogP contribution in [0.4, 0.5) is 10.8 Å². The van der Waals surface area contributed by atoms with Crippen LogP contribution in [0.1, 0.15) is 40.7 Å². The van der Waals surface area contributed by atoms with Crippen LogP contribution in [0.25, 0.3) is 0 Å². The van der Waals surface area contributed by atoms with Gasteiger partial charge >= 0.3 is 5.97 Å². The highest BCUT2D eigenvalue weighted by Crippen LogP contribution is 2.31. The van der Waals surface area contributed by atoms with Crippen LogP contribution in [-0.2, 0) is 20.9 Å². The van der Waals surface area contributed by atoms with Gasteiger partial charge in [0, 0.05) is 18.8 Å². The Labute approximate surface area is 183 Å². The second-order valence-electron chi connectivity index (χ2n) is 6.91. The van der Waals surface area contributed by atoms with Gasteiger partial charge in [0.1, 0.15) is 6.61 Å². The molecule has 0 bridgehead atoms. The van der Waals surface area contributed by atoms with Crippen molar-refractivity contribution in [1.82, 2.24) is 10.3 Å². The molecule has 1 aromatic carbocycles. The topological polar surface area (TPSA) is 102 Å². The van der Waals surface area contributed by atoms with Gasteiger partial charge in [-0.15, -0.1) is 11.3 Å². The first-order valence-corrected chi connectivity index (χ1v) is 10.5. The number of carbonyl (C=O) groups excluding carboxylic acids is 3. The minimum Gasteiger partial charge on any atom is -0.459 e. The summed E-state index contributed by atoms with van der Waals surface area (Å²) in [6, 6.07) is 8.99. The second kappa shape index (κ2) is 10.0. The van der Waals surface area contributed by atoms with Gasteiger partial charge in [-0.25, -0.2) is 4.98 Å². The van der Waals surface area contributed by atoms with Crippen molar-refractivity contribution in [2.75, 3.05) is 11.4 Å². The highest BCUT2D eigenvalue weighted by atomic mass is 32.1. The fourth-order valence-electron chi connectivity index (χ4n) is 2.93. The Hall–Kier alpha value is -3.46. The normalized spacial score (nSPS) is 10.5. The molecule has 0 aliphatic heterocycles. The molecule has 2 aromatic heterocycles. The maximum Gasteiger partial charge on any atom is 0.307 e. The van der Waals surface area contributed by atoms with E-state index in [-0.39, 0.29) is 31.2 Å². The van der Waals surface area contributed by atoms with Crippen molar-refractivity contribution < 1.29 is 23.5 Å². The van der Waals surface area contributed by atoms with Crippen molar-refractivity contribution in [3.05, 3.63) is 64.6 Å². The minimum absolute atomic E-state index is 0.0138. The average molecular weight is 442 g/mol. The predicted molar refractivity (Wildman–Crippen MR) is 116 cm³/mol. The van der Waals surface area contributed by atoms with E-state index in [1.165, 1.54) is 30.6 Å². The Morgan fingerprint density at radius 1 is 1.23 bits per heavy atom. The molecule has 8 nitrogen and oxygen atoms in total. The summed E-state index contributed by atoms with van der Waals surface area (Å²) in [7, 11) is 0. The molecule has 0 spiro atoms. The maximum atomic E-state index is 12.3. The van der Waals surface area contributed by atoms with E-state index in [0.717, 1.165) is 16.8 Å². The molecule has 1 N–H and O–H groups in total. The van der Waals surface area contributed by atoms with Gasteiger partial charge in [-0.2, -0.15) is 0 Å². The SMILES string of the molecule is CC(=O)N(c1nc(COC(=O)CCNC(=O)c2ccco2)cs1)c1ccc(C)cc1C. The number of amides is 2. The molecule has 31 heavy (non-hydrogen) atoms. The van der Waals surface area contributed by atoms with E-state index in [4.69, 9.17) is 9.15 Å². The van der Waals surface area contributed by atoms with Gasteiger partial charge in [0.15, 0.2) is 10.9 Å². The first-order valence-electron chi connectivity index (χ1n) is 9.65. The van der Waals surface area contributed by atoms with Crippen LogP contribution in [0.3, 0.4) is 0 Å². The maximum absolute atomic E-state index is 12.3. The largest absolute Gasteiger partial charge is 0.459 e. The van der Waals surface area contributed by atoms with Gasteiger partial charge in [0.25, 0.3) is 5.91 Å². The lowest BCUT2D eigenvalue weighted by Gasteiger charge is -2.20. The number of hydrogen-bond donors (Lipinski definition) is 1. The smallest absolute Gasteiger partial charge is 0.307 e. The zero-order valence-electron chi connectivity index (χ0n) is 17.5.